The molecular weight excluding hydrogens is 322 g/mol. The van der Waals surface area contributed by atoms with Crippen LogP contribution in [0.15, 0.2) is 28.8 Å². The van der Waals surface area contributed by atoms with E-state index >= 15 is 0 Å². The quantitative estimate of drug-likeness (QED) is 0.922. The molecule has 7 nitrogen and oxygen atoms in total. The number of carbonyl (C=O) groups excluding carboxylic acids is 1. The number of hydrogen-bond acceptors (Lipinski definition) is 5. The van der Waals surface area contributed by atoms with Crippen molar-refractivity contribution in [2.75, 3.05) is 19.0 Å². The van der Waals surface area contributed by atoms with Gasteiger partial charge in [-0.1, -0.05) is 12.1 Å². The highest BCUT2D eigenvalue weighted by Gasteiger charge is 2.32. The second kappa shape index (κ2) is 6.66. The molecule has 2 aromatic rings. The van der Waals surface area contributed by atoms with Crippen molar-refractivity contribution >= 4 is 11.8 Å². The number of anilines is 1. The van der Waals surface area contributed by atoms with Gasteiger partial charge in [0.25, 0.3) is 0 Å². The third-order valence-corrected chi connectivity index (χ3v) is 4.02. The lowest BCUT2D eigenvalue weighted by molar-refractivity contribution is 0.0832. The van der Waals surface area contributed by atoms with Gasteiger partial charge in [-0.25, -0.2) is 4.79 Å². The van der Waals surface area contributed by atoms with Gasteiger partial charge in [0.2, 0.25) is 0 Å². The summed E-state index contributed by atoms with van der Waals surface area (Å²) in [5, 5.41) is 6.65. The van der Waals surface area contributed by atoms with Crippen molar-refractivity contribution in [3.63, 3.8) is 0 Å². The monoisotopic (exact) mass is 345 g/mol. The van der Waals surface area contributed by atoms with Gasteiger partial charge in [0.15, 0.2) is 5.82 Å². The van der Waals surface area contributed by atoms with Gasteiger partial charge in [0.1, 0.15) is 22.9 Å². The molecule has 1 aromatic heterocycles. The maximum absolute atomic E-state index is 12.7. The molecule has 0 spiro atoms. The first-order chi connectivity index (χ1) is 11.9. The van der Waals surface area contributed by atoms with E-state index < -0.39 is 5.60 Å². The van der Waals surface area contributed by atoms with Gasteiger partial charge >= 0.3 is 6.03 Å². The molecule has 2 heterocycles. The number of nitrogens with zero attached hydrogens (tertiary/aromatic N) is 2. The molecule has 0 saturated heterocycles. The first-order valence-electron chi connectivity index (χ1n) is 8.27. The minimum absolute atomic E-state index is 0.240. The summed E-state index contributed by atoms with van der Waals surface area (Å²) in [6.45, 7) is 6.74. The Balaban J connectivity index is 1.81. The molecule has 0 saturated carbocycles. The number of carbonyl (C=O) groups is 1. The van der Waals surface area contributed by atoms with Gasteiger partial charge < -0.3 is 18.9 Å². The molecule has 3 rings (SSSR count). The Labute approximate surface area is 146 Å². The van der Waals surface area contributed by atoms with Crippen LogP contribution >= 0.6 is 0 Å². The van der Waals surface area contributed by atoms with Crippen LogP contribution in [0.4, 0.5) is 10.6 Å². The molecule has 0 unspecified atom stereocenters. The smallest absolute Gasteiger partial charge is 0.323 e. The highest BCUT2D eigenvalue weighted by Crippen LogP contribution is 2.32. The Morgan fingerprint density at radius 3 is 2.88 bits per heavy atom. The Morgan fingerprint density at radius 2 is 2.20 bits per heavy atom. The summed E-state index contributed by atoms with van der Waals surface area (Å²) in [6, 6.07) is 7.12. The van der Waals surface area contributed by atoms with Crippen LogP contribution in [0, 0.1) is 0 Å². The maximum Gasteiger partial charge on any atom is 0.323 e. The lowest BCUT2D eigenvalue weighted by Crippen LogP contribution is -2.44. The molecule has 1 aliphatic rings. The van der Waals surface area contributed by atoms with Crippen molar-refractivity contribution < 1.29 is 18.8 Å². The van der Waals surface area contributed by atoms with E-state index in [-0.39, 0.29) is 6.03 Å². The van der Waals surface area contributed by atoms with Crippen molar-refractivity contribution in [2.24, 2.45) is 0 Å². The van der Waals surface area contributed by atoms with Crippen molar-refractivity contribution in [2.45, 2.75) is 39.3 Å². The summed E-state index contributed by atoms with van der Waals surface area (Å²) >= 11 is 0. The van der Waals surface area contributed by atoms with Gasteiger partial charge in [-0.2, -0.15) is 0 Å². The van der Waals surface area contributed by atoms with E-state index in [0.717, 1.165) is 29.2 Å². The number of fused-ring (bicyclic) bond motifs is 1. The number of benzene rings is 1. The van der Waals surface area contributed by atoms with E-state index in [0.29, 0.717) is 18.9 Å². The zero-order valence-electron chi connectivity index (χ0n) is 15.0. The van der Waals surface area contributed by atoms with E-state index in [1.807, 2.05) is 39.0 Å². The number of amides is 2. The average molecular weight is 345 g/mol. The third kappa shape index (κ3) is 3.87. The normalized spacial score (nSPS) is 15.8. The fraction of sp³-hybridized carbons (Fsp3) is 0.444. The van der Waals surface area contributed by atoms with Crippen molar-refractivity contribution in [3.8, 4) is 11.5 Å². The number of urea groups is 1. The molecule has 7 heteroatoms. The number of aryl methyl sites for hydroxylation is 1. The van der Waals surface area contributed by atoms with Crippen LogP contribution in [0.5, 0.6) is 11.5 Å². The fourth-order valence-corrected chi connectivity index (χ4v) is 2.81. The molecule has 0 atom stereocenters. The molecule has 1 N–H and O–H groups in total. The zero-order chi connectivity index (χ0) is 18.0. The molecule has 0 aliphatic carbocycles. The standard InChI is InChI=1S/C18H23N3O4/c1-5-13-9-16(20-25-13)19-17(22)21-10-12-6-7-14(23-4)8-15(12)24-18(2,3)11-21/h6-9H,5,10-11H2,1-4H3,(H,19,20,22). The van der Waals surface area contributed by atoms with E-state index in [4.69, 9.17) is 14.0 Å². The molecule has 1 aromatic carbocycles. The Hall–Kier alpha value is -2.70. The van der Waals surface area contributed by atoms with Crippen molar-refractivity contribution in [1.29, 1.82) is 0 Å². The summed E-state index contributed by atoms with van der Waals surface area (Å²) in [4.78, 5) is 14.4. The highest BCUT2D eigenvalue weighted by atomic mass is 16.5. The first-order valence-corrected chi connectivity index (χ1v) is 8.27. The summed E-state index contributed by atoms with van der Waals surface area (Å²) in [7, 11) is 1.62. The molecule has 1 aliphatic heterocycles. The molecule has 0 fully saturated rings. The largest absolute Gasteiger partial charge is 0.497 e. The number of aromatic nitrogens is 1. The van der Waals surface area contributed by atoms with Gasteiger partial charge in [-0.15, -0.1) is 0 Å². The zero-order valence-corrected chi connectivity index (χ0v) is 15.0. The lowest BCUT2D eigenvalue weighted by atomic mass is 10.1. The minimum Gasteiger partial charge on any atom is -0.497 e. The summed E-state index contributed by atoms with van der Waals surface area (Å²) in [5.74, 6) is 2.60. The molecule has 25 heavy (non-hydrogen) atoms. The van der Waals surface area contributed by atoms with Crippen LogP contribution < -0.4 is 14.8 Å². The SMILES string of the molecule is CCc1cc(NC(=O)N2Cc3ccc(OC)cc3OC(C)(C)C2)no1. The molecule has 0 bridgehead atoms. The highest BCUT2D eigenvalue weighted by molar-refractivity contribution is 5.88. The van der Waals surface area contributed by atoms with Crippen LogP contribution in [-0.2, 0) is 13.0 Å². The molecule has 134 valence electrons. The molecule has 2 amide bonds. The van der Waals surface area contributed by atoms with Crippen molar-refractivity contribution in [1.82, 2.24) is 10.1 Å². The number of nitrogens with one attached hydrogen (secondary N) is 1. The Kier molecular flexibility index (Phi) is 4.57. The van der Waals surface area contributed by atoms with E-state index in [1.165, 1.54) is 0 Å². The minimum atomic E-state index is -0.534. The average Bonchev–Trinajstić information content (AvgIpc) is 2.96. The summed E-state index contributed by atoms with van der Waals surface area (Å²) in [6.07, 6.45) is 0.725. The number of rotatable bonds is 3. The van der Waals surface area contributed by atoms with Crippen LogP contribution in [0.3, 0.4) is 0 Å². The predicted molar refractivity (Wildman–Crippen MR) is 93.0 cm³/mol. The topological polar surface area (TPSA) is 76.8 Å². The molecule has 0 radical (unpaired) electrons. The van der Waals surface area contributed by atoms with Crippen LogP contribution in [-0.4, -0.2) is 35.3 Å². The second-order valence-electron chi connectivity index (χ2n) is 6.65. The van der Waals surface area contributed by atoms with E-state index in [9.17, 15) is 4.79 Å². The van der Waals surface area contributed by atoms with E-state index in [1.54, 1.807) is 18.1 Å². The van der Waals surface area contributed by atoms with E-state index in [2.05, 4.69) is 10.5 Å². The Morgan fingerprint density at radius 1 is 1.40 bits per heavy atom. The fourth-order valence-electron chi connectivity index (χ4n) is 2.81. The Bertz CT molecular complexity index is 769. The summed E-state index contributed by atoms with van der Waals surface area (Å²) < 4.78 is 16.5. The second-order valence-corrected chi connectivity index (χ2v) is 6.65. The van der Waals surface area contributed by atoms with Crippen LogP contribution in [0.2, 0.25) is 0 Å². The third-order valence-electron chi connectivity index (χ3n) is 4.02. The predicted octanol–water partition coefficient (Wildman–Crippen LogP) is 3.45. The lowest BCUT2D eigenvalue weighted by Gasteiger charge is -2.29. The molecular formula is C18H23N3O4. The number of methoxy groups -OCH3 is 1. The van der Waals surface area contributed by atoms with Crippen molar-refractivity contribution in [3.05, 3.63) is 35.6 Å². The number of ether oxygens (including phenoxy) is 2. The number of hydrogen-bond donors (Lipinski definition) is 1. The van der Waals surface area contributed by atoms with Crippen LogP contribution in [0.1, 0.15) is 32.1 Å². The maximum atomic E-state index is 12.7. The first kappa shape index (κ1) is 17.1. The van der Waals surface area contributed by atoms with Gasteiger partial charge in [0.05, 0.1) is 20.2 Å². The van der Waals surface area contributed by atoms with Crippen LogP contribution in [0.25, 0.3) is 0 Å². The van der Waals surface area contributed by atoms with Gasteiger partial charge in [-0.05, 0) is 26.0 Å². The van der Waals surface area contributed by atoms with Gasteiger partial charge in [-0.3, -0.25) is 5.32 Å². The van der Waals surface area contributed by atoms with Gasteiger partial charge in [0, 0.05) is 24.1 Å². The summed E-state index contributed by atoms with van der Waals surface area (Å²) in [5.41, 5.74) is 0.392.